The lowest BCUT2D eigenvalue weighted by molar-refractivity contribution is -0.134. The first-order valence-corrected chi connectivity index (χ1v) is 9.35. The second-order valence-electron chi connectivity index (χ2n) is 7.24. The Bertz CT molecular complexity index is 777. The molecule has 1 saturated heterocycles. The maximum atomic E-state index is 12.6. The molecule has 1 N–H and O–H groups in total. The number of rotatable bonds is 6. The normalized spacial score (nSPS) is 19.4. The number of alkyl carbamates (subject to hydrolysis) is 1. The highest BCUT2D eigenvalue weighted by Crippen LogP contribution is 2.33. The zero-order valence-corrected chi connectivity index (χ0v) is 15.9. The van der Waals surface area contributed by atoms with Gasteiger partial charge >= 0.3 is 6.09 Å². The van der Waals surface area contributed by atoms with Crippen molar-refractivity contribution in [2.24, 2.45) is 0 Å². The van der Waals surface area contributed by atoms with Gasteiger partial charge in [-0.05, 0) is 31.4 Å². The number of benzene rings is 2. The summed E-state index contributed by atoms with van der Waals surface area (Å²) in [5, 5.41) is 3.02. The molecule has 1 heterocycles. The highest BCUT2D eigenvalue weighted by Gasteiger charge is 2.47. The lowest BCUT2D eigenvalue weighted by Gasteiger charge is -2.41. The van der Waals surface area contributed by atoms with Crippen molar-refractivity contribution in [1.82, 2.24) is 10.2 Å². The monoisotopic (exact) mass is 366 g/mol. The summed E-state index contributed by atoms with van der Waals surface area (Å²) < 4.78 is 5.43. The van der Waals surface area contributed by atoms with Crippen LogP contribution in [0.2, 0.25) is 0 Å². The molecular formula is C22H26N2O3. The molecule has 2 aromatic rings. The van der Waals surface area contributed by atoms with Crippen LogP contribution in [0.25, 0.3) is 0 Å². The summed E-state index contributed by atoms with van der Waals surface area (Å²) in [5.41, 5.74) is 1.23. The highest BCUT2D eigenvalue weighted by molar-refractivity contribution is 5.81. The van der Waals surface area contributed by atoms with E-state index in [2.05, 4.69) is 5.32 Å². The minimum absolute atomic E-state index is 0.0156. The molecule has 0 radical (unpaired) electrons. The fourth-order valence-electron chi connectivity index (χ4n) is 3.80. The van der Waals surface area contributed by atoms with Crippen LogP contribution in [0, 0.1) is 0 Å². The van der Waals surface area contributed by atoms with Crippen molar-refractivity contribution in [3.8, 4) is 0 Å². The summed E-state index contributed by atoms with van der Waals surface area (Å²) in [4.78, 5) is 26.9. The third kappa shape index (κ3) is 4.48. The molecule has 2 aromatic carbocycles. The molecule has 0 bridgehead atoms. The number of likely N-dealkylation sites (tertiary alicyclic amines) is 1. The van der Waals surface area contributed by atoms with Crippen molar-refractivity contribution < 1.29 is 14.3 Å². The van der Waals surface area contributed by atoms with Gasteiger partial charge in [0.1, 0.15) is 12.3 Å². The maximum absolute atomic E-state index is 12.6. The molecule has 5 heteroatoms. The molecule has 0 saturated carbocycles. The Labute approximate surface area is 160 Å². The minimum Gasteiger partial charge on any atom is -0.445 e. The van der Waals surface area contributed by atoms with E-state index in [9.17, 15) is 9.59 Å². The molecule has 3 rings (SSSR count). The average Bonchev–Trinajstić information content (AvgIpc) is 2.97. The molecule has 0 aromatic heterocycles. The maximum Gasteiger partial charge on any atom is 0.409 e. The van der Waals surface area contributed by atoms with E-state index in [0.717, 1.165) is 11.1 Å². The van der Waals surface area contributed by atoms with Crippen LogP contribution in [0.4, 0.5) is 4.79 Å². The predicted molar refractivity (Wildman–Crippen MR) is 104 cm³/mol. The van der Waals surface area contributed by atoms with Crippen molar-refractivity contribution in [2.45, 2.75) is 51.4 Å². The molecular weight excluding hydrogens is 340 g/mol. The van der Waals surface area contributed by atoms with Gasteiger partial charge < -0.3 is 9.64 Å². The van der Waals surface area contributed by atoms with E-state index < -0.39 is 11.8 Å². The Morgan fingerprint density at radius 3 is 2.26 bits per heavy atom. The van der Waals surface area contributed by atoms with Crippen molar-refractivity contribution in [3.05, 3.63) is 71.8 Å². The minimum atomic E-state index is -0.764. The third-order valence-electron chi connectivity index (χ3n) is 4.89. The molecule has 1 aliphatic heterocycles. The van der Waals surface area contributed by atoms with E-state index in [0.29, 0.717) is 19.3 Å². The number of carbonyl (C=O) groups is 2. The van der Waals surface area contributed by atoms with Gasteiger partial charge in [-0.3, -0.25) is 10.1 Å². The largest absolute Gasteiger partial charge is 0.445 e. The second kappa shape index (κ2) is 8.25. The van der Waals surface area contributed by atoms with Gasteiger partial charge in [0, 0.05) is 18.9 Å². The summed E-state index contributed by atoms with van der Waals surface area (Å²) in [6.07, 6.45) is 1.04. The fraction of sp³-hybridized carbons (Fsp3) is 0.364. The van der Waals surface area contributed by atoms with Gasteiger partial charge in [-0.1, -0.05) is 60.7 Å². The smallest absolute Gasteiger partial charge is 0.409 e. The zero-order chi connectivity index (χ0) is 19.3. The number of amides is 2. The Balaban J connectivity index is 1.77. The van der Waals surface area contributed by atoms with E-state index in [1.807, 2.05) is 74.5 Å². The first-order valence-electron chi connectivity index (χ1n) is 9.35. The summed E-state index contributed by atoms with van der Waals surface area (Å²) in [6, 6.07) is 19.5. The Morgan fingerprint density at radius 2 is 1.67 bits per heavy atom. The van der Waals surface area contributed by atoms with Crippen LogP contribution in [0.15, 0.2) is 60.7 Å². The van der Waals surface area contributed by atoms with Crippen molar-refractivity contribution >= 4 is 12.0 Å². The van der Waals surface area contributed by atoms with Crippen molar-refractivity contribution in [1.29, 1.82) is 0 Å². The van der Waals surface area contributed by atoms with Gasteiger partial charge in [0.15, 0.2) is 0 Å². The van der Waals surface area contributed by atoms with Gasteiger partial charge in [0.05, 0.1) is 0 Å². The second-order valence-corrected chi connectivity index (χ2v) is 7.24. The van der Waals surface area contributed by atoms with Crippen molar-refractivity contribution in [2.75, 3.05) is 0 Å². The summed E-state index contributed by atoms with van der Waals surface area (Å²) >= 11 is 0. The van der Waals surface area contributed by atoms with Crippen LogP contribution in [0.1, 0.15) is 37.8 Å². The third-order valence-corrected chi connectivity index (χ3v) is 4.89. The first kappa shape index (κ1) is 19.0. The topological polar surface area (TPSA) is 58.6 Å². The van der Waals surface area contributed by atoms with Gasteiger partial charge in [0.25, 0.3) is 0 Å². The van der Waals surface area contributed by atoms with Gasteiger partial charge in [-0.25, -0.2) is 4.79 Å². The molecule has 1 aliphatic rings. The number of ether oxygens (including phenoxy) is 1. The van der Waals surface area contributed by atoms with Crippen LogP contribution in [-0.2, 0) is 22.6 Å². The zero-order valence-electron chi connectivity index (χ0n) is 15.9. The Kier molecular flexibility index (Phi) is 5.79. The summed E-state index contributed by atoms with van der Waals surface area (Å²) in [6.45, 7) is 4.14. The van der Waals surface area contributed by atoms with Crippen molar-refractivity contribution in [3.63, 3.8) is 0 Å². The molecule has 142 valence electrons. The molecule has 5 nitrogen and oxygen atoms in total. The van der Waals surface area contributed by atoms with E-state index in [1.165, 1.54) is 0 Å². The summed E-state index contributed by atoms with van der Waals surface area (Å²) in [5.74, 6) is 0.0595. The lowest BCUT2D eigenvalue weighted by Crippen LogP contribution is -2.61. The van der Waals surface area contributed by atoms with Crippen LogP contribution >= 0.6 is 0 Å². The van der Waals surface area contributed by atoms with Crippen LogP contribution in [0.3, 0.4) is 0 Å². The van der Waals surface area contributed by atoms with Crippen LogP contribution < -0.4 is 5.32 Å². The van der Waals surface area contributed by atoms with Gasteiger partial charge in [-0.2, -0.15) is 0 Å². The molecule has 0 unspecified atom stereocenters. The fourth-order valence-corrected chi connectivity index (χ4v) is 3.80. The standard InChI is InChI=1S/C22H26N2O3/c1-17(2)24-20(25)13-14-22(24,15-18-9-5-3-6-10-18)23-21(26)27-16-19-11-7-4-8-12-19/h3-12,17H,13-16H2,1-2H3,(H,23,26)/t22-/m1/s1. The van der Waals surface area contributed by atoms with Gasteiger partial charge in [-0.15, -0.1) is 0 Å². The molecule has 0 aliphatic carbocycles. The molecule has 0 spiro atoms. The predicted octanol–water partition coefficient (Wildman–Crippen LogP) is 3.88. The summed E-state index contributed by atoms with van der Waals surface area (Å²) in [7, 11) is 0. The Morgan fingerprint density at radius 1 is 1.07 bits per heavy atom. The number of hydrogen-bond donors (Lipinski definition) is 1. The number of hydrogen-bond acceptors (Lipinski definition) is 3. The molecule has 27 heavy (non-hydrogen) atoms. The van der Waals surface area contributed by atoms with E-state index in [4.69, 9.17) is 4.74 Å². The van der Waals surface area contributed by atoms with Gasteiger partial charge in [0.2, 0.25) is 5.91 Å². The van der Waals surface area contributed by atoms with Crippen LogP contribution in [0.5, 0.6) is 0 Å². The van der Waals surface area contributed by atoms with E-state index >= 15 is 0 Å². The first-order chi connectivity index (χ1) is 13.0. The highest BCUT2D eigenvalue weighted by atomic mass is 16.5. The van der Waals surface area contributed by atoms with E-state index in [-0.39, 0.29) is 18.6 Å². The SMILES string of the molecule is CC(C)N1C(=O)CC[C@@]1(Cc1ccccc1)NC(=O)OCc1ccccc1. The van der Waals surface area contributed by atoms with Crippen LogP contribution in [-0.4, -0.2) is 28.6 Å². The quantitative estimate of drug-likeness (QED) is 0.844. The Hall–Kier alpha value is -2.82. The number of nitrogens with zero attached hydrogens (tertiary/aromatic N) is 1. The molecule has 2 amide bonds. The molecule has 1 fully saturated rings. The number of carbonyl (C=O) groups excluding carboxylic acids is 2. The molecule has 1 atom stereocenters. The lowest BCUT2D eigenvalue weighted by atomic mass is 9.96. The number of nitrogens with one attached hydrogen (secondary N) is 1. The van der Waals surface area contributed by atoms with E-state index in [1.54, 1.807) is 4.90 Å². The average molecular weight is 366 g/mol.